The molecule has 1 atom stereocenters. The molecule has 4 rings (SSSR count). The normalized spacial score (nSPS) is 17.0. The largest absolute Gasteiger partial charge is 0.334 e. The minimum absolute atomic E-state index is 0.0635. The van der Waals surface area contributed by atoms with Crippen molar-refractivity contribution in [3.8, 4) is 11.4 Å². The first-order chi connectivity index (χ1) is 15.3. The number of amides is 3. The Labute approximate surface area is 184 Å². The van der Waals surface area contributed by atoms with Crippen molar-refractivity contribution in [2.24, 2.45) is 7.05 Å². The van der Waals surface area contributed by atoms with Crippen LogP contribution in [0.3, 0.4) is 0 Å². The third-order valence-electron chi connectivity index (χ3n) is 4.84. The van der Waals surface area contributed by atoms with E-state index in [1.165, 1.54) is 10.9 Å². The summed E-state index contributed by atoms with van der Waals surface area (Å²) in [5.41, 5.74) is 2.01. The van der Waals surface area contributed by atoms with Crippen molar-refractivity contribution >= 4 is 33.2 Å². The van der Waals surface area contributed by atoms with Gasteiger partial charge < -0.3 is 16.0 Å². The lowest BCUT2D eigenvalue weighted by molar-refractivity contribution is 0.102. The number of carbonyl (C=O) groups excluding carboxylic acids is 2. The molecule has 166 valence electrons. The second-order valence-electron chi connectivity index (χ2n) is 7.42. The topological polar surface area (TPSA) is 148 Å². The molecule has 0 bridgehead atoms. The molecule has 1 aliphatic rings. The summed E-state index contributed by atoms with van der Waals surface area (Å²) in [6.45, 7) is 0. The summed E-state index contributed by atoms with van der Waals surface area (Å²) >= 11 is 0. The minimum Gasteiger partial charge on any atom is -0.334 e. The van der Waals surface area contributed by atoms with Gasteiger partial charge in [-0.1, -0.05) is 18.2 Å². The molecule has 0 radical (unpaired) electrons. The molecular weight excluding hydrogens is 434 g/mol. The number of nitrogens with zero attached hydrogens (tertiary/aromatic N) is 4. The number of rotatable bonds is 5. The zero-order chi connectivity index (χ0) is 22.7. The number of hydrogen-bond donors (Lipinski definition) is 3. The second kappa shape index (κ2) is 8.75. The van der Waals surface area contributed by atoms with Gasteiger partial charge in [0.15, 0.2) is 9.84 Å². The Bertz CT molecular complexity index is 1270. The number of aromatic nitrogens is 4. The minimum atomic E-state index is -3.09. The SMILES string of the molecule is Cn1nnc(-c2cccc(NC(=O)c3cccc(NC(=O)NC4CCS(=O)(=O)C4)c3)c2)n1. The van der Waals surface area contributed by atoms with Crippen molar-refractivity contribution in [2.45, 2.75) is 12.5 Å². The number of hydrogen-bond acceptors (Lipinski definition) is 7. The smallest absolute Gasteiger partial charge is 0.319 e. The Morgan fingerprint density at radius 3 is 2.50 bits per heavy atom. The van der Waals surface area contributed by atoms with E-state index in [4.69, 9.17) is 0 Å². The van der Waals surface area contributed by atoms with Crippen LogP contribution in [0.5, 0.6) is 0 Å². The molecular formula is C20H21N7O4S. The second-order valence-corrected chi connectivity index (χ2v) is 9.65. The summed E-state index contributed by atoms with van der Waals surface area (Å²) in [5, 5.41) is 20.0. The first kappa shape index (κ1) is 21.4. The molecule has 3 N–H and O–H groups in total. The monoisotopic (exact) mass is 455 g/mol. The predicted molar refractivity (Wildman–Crippen MR) is 118 cm³/mol. The van der Waals surface area contributed by atoms with Crippen molar-refractivity contribution in [3.05, 3.63) is 54.1 Å². The molecule has 2 aromatic carbocycles. The Kier molecular flexibility index (Phi) is 5.86. The quantitative estimate of drug-likeness (QED) is 0.527. The molecule has 12 heteroatoms. The van der Waals surface area contributed by atoms with Crippen LogP contribution in [-0.2, 0) is 16.9 Å². The molecule has 0 aliphatic carbocycles. The maximum atomic E-state index is 12.7. The Morgan fingerprint density at radius 1 is 1.06 bits per heavy atom. The maximum Gasteiger partial charge on any atom is 0.319 e. The van der Waals surface area contributed by atoms with Crippen molar-refractivity contribution in [1.82, 2.24) is 25.5 Å². The molecule has 1 unspecified atom stereocenters. The van der Waals surface area contributed by atoms with E-state index < -0.39 is 21.9 Å². The number of nitrogens with one attached hydrogen (secondary N) is 3. The van der Waals surface area contributed by atoms with Gasteiger partial charge in [-0.05, 0) is 42.0 Å². The van der Waals surface area contributed by atoms with Gasteiger partial charge >= 0.3 is 6.03 Å². The molecule has 1 aliphatic heterocycles. The maximum absolute atomic E-state index is 12.7. The summed E-state index contributed by atoms with van der Waals surface area (Å²) < 4.78 is 23.1. The number of sulfone groups is 1. The lowest BCUT2D eigenvalue weighted by Gasteiger charge is -2.13. The van der Waals surface area contributed by atoms with E-state index in [1.54, 1.807) is 43.4 Å². The predicted octanol–water partition coefficient (Wildman–Crippen LogP) is 1.44. The van der Waals surface area contributed by atoms with Crippen molar-refractivity contribution < 1.29 is 18.0 Å². The molecule has 0 saturated carbocycles. The van der Waals surface area contributed by atoms with Gasteiger partial charge in [-0.3, -0.25) is 4.79 Å². The molecule has 32 heavy (non-hydrogen) atoms. The van der Waals surface area contributed by atoms with Crippen LogP contribution >= 0.6 is 0 Å². The van der Waals surface area contributed by atoms with Crippen LogP contribution in [0.1, 0.15) is 16.8 Å². The van der Waals surface area contributed by atoms with E-state index in [1.807, 2.05) is 6.07 Å². The van der Waals surface area contributed by atoms with Crippen molar-refractivity contribution in [1.29, 1.82) is 0 Å². The molecule has 1 aromatic heterocycles. The first-order valence-electron chi connectivity index (χ1n) is 9.81. The van der Waals surface area contributed by atoms with Crippen LogP contribution in [0.2, 0.25) is 0 Å². The fourth-order valence-corrected chi connectivity index (χ4v) is 5.01. The lowest BCUT2D eigenvalue weighted by atomic mass is 10.1. The van der Waals surface area contributed by atoms with E-state index in [0.717, 1.165) is 0 Å². The van der Waals surface area contributed by atoms with E-state index >= 15 is 0 Å². The molecule has 3 amide bonds. The highest BCUT2D eigenvalue weighted by molar-refractivity contribution is 7.91. The molecule has 2 heterocycles. The van der Waals surface area contributed by atoms with Gasteiger partial charge in [-0.25, -0.2) is 13.2 Å². The lowest BCUT2D eigenvalue weighted by Crippen LogP contribution is -2.38. The van der Waals surface area contributed by atoms with Gasteiger partial charge in [0.2, 0.25) is 5.82 Å². The zero-order valence-electron chi connectivity index (χ0n) is 17.1. The third-order valence-corrected chi connectivity index (χ3v) is 6.61. The number of tetrazole rings is 1. The van der Waals surface area contributed by atoms with Crippen LogP contribution in [-0.4, -0.2) is 58.1 Å². The van der Waals surface area contributed by atoms with Gasteiger partial charge in [0.25, 0.3) is 5.91 Å². The van der Waals surface area contributed by atoms with E-state index in [2.05, 4.69) is 31.4 Å². The average Bonchev–Trinajstić information content (AvgIpc) is 3.33. The number of aryl methyl sites for hydroxylation is 1. The number of benzene rings is 2. The highest BCUT2D eigenvalue weighted by Gasteiger charge is 2.28. The van der Waals surface area contributed by atoms with Crippen LogP contribution in [0.25, 0.3) is 11.4 Å². The van der Waals surface area contributed by atoms with E-state index in [-0.39, 0.29) is 17.4 Å². The third kappa shape index (κ3) is 5.27. The molecule has 1 fully saturated rings. The Morgan fingerprint density at radius 2 is 1.81 bits per heavy atom. The van der Waals surface area contributed by atoms with Crippen molar-refractivity contribution in [3.63, 3.8) is 0 Å². The van der Waals surface area contributed by atoms with E-state index in [0.29, 0.717) is 34.7 Å². The molecule has 3 aromatic rings. The van der Waals surface area contributed by atoms with Crippen LogP contribution in [0.15, 0.2) is 48.5 Å². The highest BCUT2D eigenvalue weighted by Crippen LogP contribution is 2.20. The van der Waals surface area contributed by atoms with Gasteiger partial charge in [-0.2, -0.15) is 4.80 Å². The Hall–Kier alpha value is -3.80. The fourth-order valence-electron chi connectivity index (χ4n) is 3.34. The summed E-state index contributed by atoms with van der Waals surface area (Å²) in [4.78, 5) is 26.2. The molecule has 1 saturated heterocycles. The van der Waals surface area contributed by atoms with Gasteiger partial charge in [0.05, 0.1) is 18.6 Å². The van der Waals surface area contributed by atoms with Gasteiger partial charge in [-0.15, -0.1) is 10.2 Å². The molecule has 0 spiro atoms. The molecule has 11 nitrogen and oxygen atoms in total. The van der Waals surface area contributed by atoms with Crippen molar-refractivity contribution in [2.75, 3.05) is 22.1 Å². The van der Waals surface area contributed by atoms with E-state index in [9.17, 15) is 18.0 Å². The van der Waals surface area contributed by atoms with Gasteiger partial charge in [0, 0.05) is 28.5 Å². The Balaban J connectivity index is 1.40. The number of anilines is 2. The summed E-state index contributed by atoms with van der Waals surface area (Å²) in [6.07, 6.45) is 0.390. The average molecular weight is 456 g/mol. The zero-order valence-corrected chi connectivity index (χ0v) is 18.0. The summed E-state index contributed by atoms with van der Waals surface area (Å²) in [6, 6.07) is 12.6. The highest BCUT2D eigenvalue weighted by atomic mass is 32.2. The van der Waals surface area contributed by atoms with Crippen LogP contribution < -0.4 is 16.0 Å². The fraction of sp³-hybridized carbons (Fsp3) is 0.250. The number of carbonyl (C=O) groups is 2. The first-order valence-corrected chi connectivity index (χ1v) is 11.6. The number of urea groups is 1. The summed E-state index contributed by atoms with van der Waals surface area (Å²) in [5.74, 6) is 0.0874. The van der Waals surface area contributed by atoms with Gasteiger partial charge in [0.1, 0.15) is 0 Å². The van der Waals surface area contributed by atoms with Crippen LogP contribution in [0, 0.1) is 0 Å². The van der Waals surface area contributed by atoms with Crippen LogP contribution in [0.4, 0.5) is 16.2 Å². The standard InChI is InChI=1S/C20H21N7O4S/c1-27-25-18(24-26-27)13-4-2-6-15(10-13)21-19(28)14-5-3-7-16(11-14)22-20(29)23-17-8-9-32(30,31)12-17/h2-7,10-11,17H,8-9,12H2,1H3,(H,21,28)(H2,22,23,29). The summed E-state index contributed by atoms with van der Waals surface area (Å²) in [7, 11) is -1.42.